The lowest BCUT2D eigenvalue weighted by Crippen LogP contribution is -2.27. The lowest BCUT2D eigenvalue weighted by Gasteiger charge is -2.11. The van der Waals surface area contributed by atoms with Crippen LogP contribution in [0.25, 0.3) is 0 Å². The number of esters is 3. The van der Waals surface area contributed by atoms with Crippen LogP contribution in [-0.4, -0.2) is 30.6 Å². The number of benzene rings is 1. The zero-order chi connectivity index (χ0) is 16.5. The minimum atomic E-state index is -1.11. The summed E-state index contributed by atoms with van der Waals surface area (Å²) < 4.78 is 15.3. The largest absolute Gasteiger partial charge is 0.463 e. The van der Waals surface area contributed by atoms with Gasteiger partial charge in [0.15, 0.2) is 6.10 Å². The lowest BCUT2D eigenvalue weighted by molar-refractivity contribution is -0.157. The van der Waals surface area contributed by atoms with Crippen LogP contribution in [0.2, 0.25) is 0 Å². The molecule has 0 N–H and O–H groups in total. The van der Waals surface area contributed by atoms with E-state index in [0.717, 1.165) is 16.6 Å². The van der Waals surface area contributed by atoms with Crippen molar-refractivity contribution in [1.82, 2.24) is 0 Å². The predicted molar refractivity (Wildman–Crippen MR) is 81.1 cm³/mol. The second kappa shape index (κ2) is 8.99. The second-order valence-electron chi connectivity index (χ2n) is 4.04. The summed E-state index contributed by atoms with van der Waals surface area (Å²) in [6, 6.07) is 6.61. The van der Waals surface area contributed by atoms with Crippen molar-refractivity contribution in [2.24, 2.45) is 0 Å². The number of rotatable bonds is 6. The standard InChI is InChI=1S/C15H15BrO6/c1-3-20-13(17)8-9-14(18)21-10(2)15(19)22-12-6-4-11(16)5-7-12/h4-10H,3H2,1-2H3. The van der Waals surface area contributed by atoms with E-state index in [4.69, 9.17) is 9.47 Å². The summed E-state index contributed by atoms with van der Waals surface area (Å²) in [5.74, 6) is -1.89. The van der Waals surface area contributed by atoms with Gasteiger partial charge in [-0.25, -0.2) is 14.4 Å². The van der Waals surface area contributed by atoms with Crippen LogP contribution in [0, 0.1) is 0 Å². The van der Waals surface area contributed by atoms with Crippen LogP contribution in [0.5, 0.6) is 5.75 Å². The Morgan fingerprint density at radius 3 is 2.32 bits per heavy atom. The van der Waals surface area contributed by atoms with Crippen LogP contribution < -0.4 is 4.74 Å². The van der Waals surface area contributed by atoms with Gasteiger partial charge in [0.25, 0.3) is 0 Å². The molecule has 1 atom stereocenters. The van der Waals surface area contributed by atoms with Crippen LogP contribution in [0.1, 0.15) is 13.8 Å². The average Bonchev–Trinajstić information content (AvgIpc) is 2.47. The Balaban J connectivity index is 2.48. The molecule has 0 aliphatic heterocycles. The first-order valence-corrected chi connectivity index (χ1v) is 7.24. The van der Waals surface area contributed by atoms with Crippen LogP contribution in [0.3, 0.4) is 0 Å². The summed E-state index contributed by atoms with van der Waals surface area (Å²) in [4.78, 5) is 34.2. The van der Waals surface area contributed by atoms with Gasteiger partial charge in [0.1, 0.15) is 5.75 Å². The Morgan fingerprint density at radius 1 is 1.14 bits per heavy atom. The molecule has 6 nitrogen and oxygen atoms in total. The monoisotopic (exact) mass is 370 g/mol. The molecule has 0 radical (unpaired) electrons. The van der Waals surface area contributed by atoms with E-state index in [1.54, 1.807) is 31.2 Å². The molecule has 0 spiro atoms. The van der Waals surface area contributed by atoms with Gasteiger partial charge in [0.2, 0.25) is 0 Å². The minimum Gasteiger partial charge on any atom is -0.463 e. The maximum atomic E-state index is 11.7. The van der Waals surface area contributed by atoms with E-state index in [1.165, 1.54) is 6.92 Å². The van der Waals surface area contributed by atoms with Gasteiger partial charge in [-0.05, 0) is 38.1 Å². The number of ether oxygens (including phenoxy) is 3. The van der Waals surface area contributed by atoms with E-state index in [9.17, 15) is 14.4 Å². The van der Waals surface area contributed by atoms with Gasteiger partial charge in [-0.1, -0.05) is 15.9 Å². The highest BCUT2D eigenvalue weighted by atomic mass is 79.9. The molecule has 0 amide bonds. The maximum Gasteiger partial charge on any atom is 0.352 e. The van der Waals surface area contributed by atoms with Crippen molar-refractivity contribution in [3.8, 4) is 5.75 Å². The van der Waals surface area contributed by atoms with Gasteiger partial charge in [0.05, 0.1) is 6.61 Å². The molecule has 0 aliphatic carbocycles. The van der Waals surface area contributed by atoms with Crippen molar-refractivity contribution in [3.05, 3.63) is 40.9 Å². The van der Waals surface area contributed by atoms with Crippen LogP contribution in [-0.2, 0) is 23.9 Å². The van der Waals surface area contributed by atoms with Gasteiger partial charge >= 0.3 is 17.9 Å². The topological polar surface area (TPSA) is 78.9 Å². The van der Waals surface area contributed by atoms with Gasteiger partial charge < -0.3 is 14.2 Å². The average molecular weight is 371 g/mol. The summed E-state index contributed by atoms with van der Waals surface area (Å²) in [6.07, 6.45) is 0.711. The molecule has 1 aromatic carbocycles. The lowest BCUT2D eigenvalue weighted by atomic mass is 10.3. The highest BCUT2D eigenvalue weighted by Crippen LogP contribution is 2.16. The number of halogens is 1. The van der Waals surface area contributed by atoms with Crippen LogP contribution >= 0.6 is 15.9 Å². The van der Waals surface area contributed by atoms with Crippen molar-refractivity contribution in [2.45, 2.75) is 20.0 Å². The summed E-state index contributed by atoms with van der Waals surface area (Å²) >= 11 is 3.26. The molecule has 0 heterocycles. The van der Waals surface area contributed by atoms with Gasteiger partial charge in [-0.3, -0.25) is 0 Å². The molecule has 0 aromatic heterocycles. The smallest absolute Gasteiger partial charge is 0.352 e. The SMILES string of the molecule is CCOC(=O)C=CC(=O)OC(C)C(=O)Oc1ccc(Br)cc1. The fraction of sp³-hybridized carbons (Fsp3) is 0.267. The Morgan fingerprint density at radius 2 is 1.73 bits per heavy atom. The molecule has 1 rings (SSSR count). The Kier molecular flexibility index (Phi) is 7.31. The van der Waals surface area contributed by atoms with E-state index in [-0.39, 0.29) is 6.61 Å². The minimum absolute atomic E-state index is 0.203. The third-order valence-corrected chi connectivity index (χ3v) is 2.83. The quantitative estimate of drug-likeness (QED) is 0.434. The molecular weight excluding hydrogens is 356 g/mol. The van der Waals surface area contributed by atoms with Crippen LogP contribution in [0.15, 0.2) is 40.9 Å². The fourth-order valence-electron chi connectivity index (χ4n) is 1.29. The van der Waals surface area contributed by atoms with Crippen molar-refractivity contribution < 1.29 is 28.6 Å². The molecule has 0 bridgehead atoms. The summed E-state index contributed by atoms with van der Waals surface area (Å²) in [7, 11) is 0. The van der Waals surface area contributed by atoms with E-state index in [2.05, 4.69) is 20.7 Å². The molecule has 1 unspecified atom stereocenters. The molecule has 0 saturated heterocycles. The third kappa shape index (κ3) is 6.53. The molecule has 118 valence electrons. The molecule has 22 heavy (non-hydrogen) atoms. The van der Waals surface area contributed by atoms with Crippen molar-refractivity contribution >= 4 is 33.8 Å². The zero-order valence-electron chi connectivity index (χ0n) is 12.1. The third-order valence-electron chi connectivity index (χ3n) is 2.30. The number of hydrogen-bond acceptors (Lipinski definition) is 6. The number of carbonyl (C=O) groups excluding carboxylic acids is 3. The predicted octanol–water partition coefficient (Wildman–Crippen LogP) is 2.41. The highest BCUT2D eigenvalue weighted by Gasteiger charge is 2.19. The van der Waals surface area contributed by atoms with E-state index < -0.39 is 24.0 Å². The summed E-state index contributed by atoms with van der Waals surface area (Å²) in [5.41, 5.74) is 0. The van der Waals surface area contributed by atoms with Gasteiger partial charge in [0, 0.05) is 16.6 Å². The van der Waals surface area contributed by atoms with E-state index >= 15 is 0 Å². The normalized spacial score (nSPS) is 11.8. The van der Waals surface area contributed by atoms with Crippen molar-refractivity contribution in [2.75, 3.05) is 6.61 Å². The number of hydrogen-bond donors (Lipinski definition) is 0. The molecule has 0 fully saturated rings. The first-order valence-electron chi connectivity index (χ1n) is 6.45. The molecular formula is C15H15BrO6. The Bertz CT molecular complexity index is 564. The summed E-state index contributed by atoms with van der Waals surface area (Å²) in [5, 5.41) is 0. The Labute approximate surface area is 136 Å². The van der Waals surface area contributed by atoms with Gasteiger partial charge in [-0.15, -0.1) is 0 Å². The molecule has 7 heteroatoms. The first-order chi connectivity index (χ1) is 10.4. The number of carbonyl (C=O) groups is 3. The van der Waals surface area contributed by atoms with Crippen molar-refractivity contribution in [1.29, 1.82) is 0 Å². The zero-order valence-corrected chi connectivity index (χ0v) is 13.7. The molecule has 0 aliphatic rings. The molecule has 0 saturated carbocycles. The Hall–Kier alpha value is -2.15. The van der Waals surface area contributed by atoms with Crippen molar-refractivity contribution in [3.63, 3.8) is 0 Å². The first kappa shape index (κ1) is 17.9. The second-order valence-corrected chi connectivity index (χ2v) is 4.96. The summed E-state index contributed by atoms with van der Waals surface area (Å²) in [6.45, 7) is 3.22. The molecule has 1 aromatic rings. The van der Waals surface area contributed by atoms with E-state index in [1.807, 2.05) is 0 Å². The maximum absolute atomic E-state index is 11.7. The highest BCUT2D eigenvalue weighted by molar-refractivity contribution is 9.10. The fourth-order valence-corrected chi connectivity index (χ4v) is 1.55. The van der Waals surface area contributed by atoms with Gasteiger partial charge in [-0.2, -0.15) is 0 Å². The van der Waals surface area contributed by atoms with E-state index in [0.29, 0.717) is 5.75 Å². The van der Waals surface area contributed by atoms with Crippen LogP contribution in [0.4, 0.5) is 0 Å².